The third-order valence-corrected chi connectivity index (χ3v) is 4.41. The van der Waals surface area contributed by atoms with Gasteiger partial charge in [-0.1, -0.05) is 12.1 Å². The molecule has 136 valence electrons. The number of nitrogens with zero attached hydrogens (tertiary/aromatic N) is 2. The number of rotatable bonds is 3. The van der Waals surface area contributed by atoms with E-state index in [-0.39, 0.29) is 15.6 Å². The number of aryl methyl sites for hydroxylation is 1. The molecule has 1 aromatic carbocycles. The van der Waals surface area contributed by atoms with Gasteiger partial charge in [-0.05, 0) is 19.1 Å². The molecule has 0 aliphatic carbocycles. The number of thiazole rings is 1. The second-order valence-electron chi connectivity index (χ2n) is 5.29. The molecular weight excluding hydrogens is 370 g/mol. The van der Waals surface area contributed by atoms with E-state index in [0.29, 0.717) is 10.5 Å². The monoisotopic (exact) mass is 382 g/mol. The van der Waals surface area contributed by atoms with Crippen molar-refractivity contribution in [3.8, 4) is 10.6 Å². The third kappa shape index (κ3) is 4.71. The van der Waals surface area contributed by atoms with E-state index in [9.17, 15) is 31.1 Å². The lowest BCUT2D eigenvalue weighted by molar-refractivity contribution is -0.138. The van der Waals surface area contributed by atoms with Crippen LogP contribution in [-0.4, -0.2) is 35.6 Å². The van der Waals surface area contributed by atoms with Gasteiger partial charge < -0.3 is 4.90 Å². The molecule has 2 aromatic rings. The third-order valence-electron chi connectivity index (χ3n) is 3.21. The predicted octanol–water partition coefficient (Wildman–Crippen LogP) is 4.77. The molecule has 0 saturated carbocycles. The number of halogens is 6. The van der Waals surface area contributed by atoms with Crippen molar-refractivity contribution in [2.75, 3.05) is 13.6 Å². The van der Waals surface area contributed by atoms with Crippen molar-refractivity contribution in [2.24, 2.45) is 0 Å². The number of carbonyl (C=O) groups is 1. The van der Waals surface area contributed by atoms with Crippen molar-refractivity contribution in [1.29, 1.82) is 0 Å². The Bertz CT molecular complexity index is 764. The largest absolute Gasteiger partial charge is 0.416 e. The lowest BCUT2D eigenvalue weighted by atomic mass is 10.1. The van der Waals surface area contributed by atoms with Crippen molar-refractivity contribution in [1.82, 2.24) is 9.88 Å². The Morgan fingerprint density at radius 2 is 1.68 bits per heavy atom. The highest BCUT2D eigenvalue weighted by Crippen LogP contribution is 2.33. The van der Waals surface area contributed by atoms with Crippen LogP contribution in [0.5, 0.6) is 0 Å². The summed E-state index contributed by atoms with van der Waals surface area (Å²) in [5.74, 6) is -0.842. The van der Waals surface area contributed by atoms with Gasteiger partial charge in [-0.2, -0.15) is 26.3 Å². The molecule has 1 amide bonds. The van der Waals surface area contributed by atoms with Gasteiger partial charge in [-0.3, -0.25) is 4.79 Å². The molecule has 10 heteroatoms. The van der Waals surface area contributed by atoms with Crippen LogP contribution in [0.4, 0.5) is 26.3 Å². The van der Waals surface area contributed by atoms with Crippen molar-refractivity contribution in [2.45, 2.75) is 19.3 Å². The molecule has 3 nitrogen and oxygen atoms in total. The highest BCUT2D eigenvalue weighted by atomic mass is 32.1. The van der Waals surface area contributed by atoms with E-state index in [4.69, 9.17) is 0 Å². The van der Waals surface area contributed by atoms with Crippen LogP contribution in [0.3, 0.4) is 0 Å². The number of hydrogen-bond donors (Lipinski definition) is 0. The molecular formula is C15H12F6N2OS. The number of benzene rings is 1. The first kappa shape index (κ1) is 19.2. The maximum Gasteiger partial charge on any atom is 0.416 e. The molecule has 0 N–H and O–H groups in total. The normalized spacial score (nSPS) is 12.3. The van der Waals surface area contributed by atoms with E-state index < -0.39 is 30.4 Å². The van der Waals surface area contributed by atoms with Gasteiger partial charge in [0.05, 0.1) is 11.3 Å². The fourth-order valence-electron chi connectivity index (χ4n) is 2.03. The van der Waals surface area contributed by atoms with Gasteiger partial charge in [0.25, 0.3) is 5.91 Å². The molecule has 0 bridgehead atoms. The van der Waals surface area contributed by atoms with Gasteiger partial charge in [0.15, 0.2) is 0 Å². The molecule has 1 aromatic heterocycles. The van der Waals surface area contributed by atoms with Crippen LogP contribution in [0, 0.1) is 6.92 Å². The summed E-state index contributed by atoms with van der Waals surface area (Å²) in [6.07, 6.45) is -9.00. The number of aromatic nitrogens is 1. The molecule has 25 heavy (non-hydrogen) atoms. The van der Waals surface area contributed by atoms with Crippen LogP contribution in [0.25, 0.3) is 10.6 Å². The Morgan fingerprint density at radius 1 is 1.12 bits per heavy atom. The molecule has 1 heterocycles. The SMILES string of the molecule is Cc1nc(-c2ccc(C(F)(F)F)cc2)sc1C(=O)N(C)CC(F)(F)F. The van der Waals surface area contributed by atoms with Crippen LogP contribution < -0.4 is 0 Å². The Kier molecular flexibility index (Phi) is 5.12. The molecule has 0 aliphatic rings. The molecule has 0 fully saturated rings. The van der Waals surface area contributed by atoms with E-state index in [1.807, 2.05) is 0 Å². The van der Waals surface area contributed by atoms with Crippen LogP contribution in [-0.2, 0) is 6.18 Å². The topological polar surface area (TPSA) is 33.2 Å². The summed E-state index contributed by atoms with van der Waals surface area (Å²) in [5, 5.41) is 0.259. The Balaban J connectivity index is 2.26. The number of hydrogen-bond acceptors (Lipinski definition) is 3. The zero-order chi connectivity index (χ0) is 19.0. The fraction of sp³-hybridized carbons (Fsp3) is 0.333. The Morgan fingerprint density at radius 3 is 2.16 bits per heavy atom. The van der Waals surface area contributed by atoms with E-state index in [1.54, 1.807) is 0 Å². The Labute approximate surface area is 142 Å². The minimum Gasteiger partial charge on any atom is -0.332 e. The average Bonchev–Trinajstić information content (AvgIpc) is 2.86. The minimum absolute atomic E-state index is 0.0154. The van der Waals surface area contributed by atoms with Crippen LogP contribution in [0.15, 0.2) is 24.3 Å². The first-order valence-electron chi connectivity index (χ1n) is 6.86. The zero-order valence-corrected chi connectivity index (χ0v) is 13.8. The first-order chi connectivity index (χ1) is 11.4. The van der Waals surface area contributed by atoms with Gasteiger partial charge in [0.1, 0.15) is 16.4 Å². The standard InChI is InChI=1S/C15H12F6N2OS/c1-8-11(13(24)23(2)7-14(16,17)18)25-12(22-8)9-3-5-10(6-4-9)15(19,20)21/h3-6H,7H2,1-2H3. The molecule has 0 atom stereocenters. The lowest BCUT2D eigenvalue weighted by Gasteiger charge is -2.18. The van der Waals surface area contributed by atoms with Gasteiger partial charge >= 0.3 is 12.4 Å². The maximum absolute atomic E-state index is 12.6. The van der Waals surface area contributed by atoms with Crippen molar-refractivity contribution < 1.29 is 31.1 Å². The summed E-state index contributed by atoms with van der Waals surface area (Å²) >= 11 is 0.837. The summed E-state index contributed by atoms with van der Waals surface area (Å²) in [6.45, 7) is 0.0531. The molecule has 0 saturated heterocycles. The van der Waals surface area contributed by atoms with Crippen molar-refractivity contribution in [3.05, 3.63) is 40.4 Å². The molecule has 2 rings (SSSR count). The number of carbonyl (C=O) groups excluding carboxylic acids is 1. The molecule has 0 unspecified atom stereocenters. The first-order valence-corrected chi connectivity index (χ1v) is 7.67. The van der Waals surface area contributed by atoms with E-state index in [1.165, 1.54) is 19.1 Å². The second-order valence-corrected chi connectivity index (χ2v) is 6.28. The predicted molar refractivity (Wildman–Crippen MR) is 80.3 cm³/mol. The zero-order valence-electron chi connectivity index (χ0n) is 13.0. The van der Waals surface area contributed by atoms with Crippen LogP contribution in [0.1, 0.15) is 20.9 Å². The van der Waals surface area contributed by atoms with Gasteiger partial charge in [0.2, 0.25) is 0 Å². The van der Waals surface area contributed by atoms with E-state index in [0.717, 1.165) is 30.5 Å². The summed E-state index contributed by atoms with van der Waals surface area (Å²) in [5.41, 5.74) is -0.261. The average molecular weight is 382 g/mol. The molecule has 0 aliphatic heterocycles. The lowest BCUT2D eigenvalue weighted by Crippen LogP contribution is -2.35. The number of amides is 1. The van der Waals surface area contributed by atoms with Gasteiger partial charge in [-0.25, -0.2) is 4.98 Å². The van der Waals surface area contributed by atoms with Crippen LogP contribution >= 0.6 is 11.3 Å². The summed E-state index contributed by atoms with van der Waals surface area (Å²) in [6, 6.07) is 4.16. The van der Waals surface area contributed by atoms with Crippen molar-refractivity contribution >= 4 is 17.2 Å². The summed E-state index contributed by atoms with van der Waals surface area (Å²) in [4.78, 5) is 16.7. The highest BCUT2D eigenvalue weighted by Gasteiger charge is 2.33. The second kappa shape index (κ2) is 6.66. The summed E-state index contributed by atoms with van der Waals surface area (Å²) < 4.78 is 74.9. The quantitative estimate of drug-likeness (QED) is 0.717. The van der Waals surface area contributed by atoms with E-state index in [2.05, 4.69) is 4.98 Å². The van der Waals surface area contributed by atoms with Crippen LogP contribution in [0.2, 0.25) is 0 Å². The van der Waals surface area contributed by atoms with Gasteiger partial charge in [0, 0.05) is 12.6 Å². The maximum atomic E-state index is 12.6. The van der Waals surface area contributed by atoms with Crippen molar-refractivity contribution in [3.63, 3.8) is 0 Å². The molecule has 0 radical (unpaired) electrons. The fourth-order valence-corrected chi connectivity index (χ4v) is 3.10. The summed E-state index contributed by atoms with van der Waals surface area (Å²) in [7, 11) is 1.02. The highest BCUT2D eigenvalue weighted by molar-refractivity contribution is 7.17. The smallest absolute Gasteiger partial charge is 0.332 e. The minimum atomic E-state index is -4.53. The van der Waals surface area contributed by atoms with E-state index >= 15 is 0 Å². The number of alkyl halides is 6. The Hall–Kier alpha value is -2.10. The van der Waals surface area contributed by atoms with Gasteiger partial charge in [-0.15, -0.1) is 11.3 Å². The molecule has 0 spiro atoms.